The summed E-state index contributed by atoms with van der Waals surface area (Å²) in [7, 11) is -1.95. The van der Waals surface area contributed by atoms with Crippen LogP contribution in [0.2, 0.25) is 0 Å². The number of ether oxygens (including phenoxy) is 1. The predicted octanol–water partition coefficient (Wildman–Crippen LogP) is 4.91. The molecular formula is C27H31F3N2O5S. The molecule has 2 aromatic rings. The second kappa shape index (κ2) is 9.68. The molecule has 0 aromatic heterocycles. The number of nitrogens with one attached hydrogen (secondary N) is 1. The van der Waals surface area contributed by atoms with Crippen molar-refractivity contribution in [1.29, 1.82) is 0 Å². The second-order valence-corrected chi connectivity index (χ2v) is 12.5. The molecule has 38 heavy (non-hydrogen) atoms. The zero-order valence-corrected chi connectivity index (χ0v) is 22.5. The number of hydrogen-bond donors (Lipinski definition) is 1. The highest BCUT2D eigenvalue weighted by molar-refractivity contribution is 7.90. The third-order valence-electron chi connectivity index (χ3n) is 7.88. The highest BCUT2D eigenvalue weighted by Gasteiger charge is 2.54. The van der Waals surface area contributed by atoms with Crippen molar-refractivity contribution in [1.82, 2.24) is 4.90 Å². The van der Waals surface area contributed by atoms with Crippen molar-refractivity contribution in [2.75, 3.05) is 18.7 Å². The molecular weight excluding hydrogens is 521 g/mol. The third kappa shape index (κ3) is 5.31. The first kappa shape index (κ1) is 28.1. The van der Waals surface area contributed by atoms with Crippen molar-refractivity contribution >= 4 is 27.3 Å². The highest BCUT2D eigenvalue weighted by Crippen LogP contribution is 2.50. The molecule has 0 radical (unpaired) electrons. The molecule has 1 saturated carbocycles. The molecule has 7 nitrogen and oxygen atoms in total. The number of hydrogen-bond acceptors (Lipinski definition) is 5. The molecule has 1 aliphatic carbocycles. The highest BCUT2D eigenvalue weighted by atomic mass is 32.2. The molecule has 2 amide bonds. The molecule has 206 valence electrons. The van der Waals surface area contributed by atoms with Gasteiger partial charge in [0.1, 0.15) is 6.04 Å². The monoisotopic (exact) mass is 552 g/mol. The maximum Gasteiger partial charge on any atom is 0.398 e. The zero-order chi connectivity index (χ0) is 28.1. The van der Waals surface area contributed by atoms with Crippen molar-refractivity contribution in [3.63, 3.8) is 0 Å². The smallest absolute Gasteiger partial charge is 0.378 e. The number of benzene rings is 2. The molecule has 1 aliphatic heterocycles. The molecule has 0 spiro atoms. The fourth-order valence-electron chi connectivity index (χ4n) is 4.99. The number of amides is 2. The molecule has 2 unspecified atom stereocenters. The normalized spacial score (nSPS) is 20.0. The number of rotatable bonds is 8. The number of sulfone groups is 1. The topological polar surface area (TPSA) is 92.8 Å². The van der Waals surface area contributed by atoms with Gasteiger partial charge in [-0.15, -0.1) is 0 Å². The Bertz CT molecular complexity index is 1350. The minimum absolute atomic E-state index is 0.0674. The van der Waals surface area contributed by atoms with Gasteiger partial charge in [-0.25, -0.2) is 8.42 Å². The minimum Gasteiger partial charge on any atom is -0.378 e. The quantitative estimate of drug-likeness (QED) is 0.502. The number of methoxy groups -OCH3 is 1. The van der Waals surface area contributed by atoms with Crippen LogP contribution in [0.15, 0.2) is 47.4 Å². The van der Waals surface area contributed by atoms with E-state index in [1.807, 2.05) is 0 Å². The van der Waals surface area contributed by atoms with E-state index in [0.717, 1.165) is 19.1 Å². The maximum atomic E-state index is 14.2. The fourth-order valence-corrected chi connectivity index (χ4v) is 5.66. The van der Waals surface area contributed by atoms with Crippen LogP contribution in [-0.4, -0.2) is 50.3 Å². The number of carbonyl (C=O) groups excluding carboxylic acids is 2. The van der Waals surface area contributed by atoms with E-state index in [2.05, 4.69) is 5.32 Å². The van der Waals surface area contributed by atoms with E-state index >= 15 is 0 Å². The summed E-state index contributed by atoms with van der Waals surface area (Å²) in [6, 6.07) is 8.92. The van der Waals surface area contributed by atoms with E-state index < -0.39 is 39.0 Å². The number of anilines is 1. The van der Waals surface area contributed by atoms with Gasteiger partial charge >= 0.3 is 6.18 Å². The SMILES string of the molecule is COC1(CCC(C)(c2ccc(NC(=O)C3c4ccc(S(C)(=O)=O)cc4CN3C(C)=O)cc2)C(F)(F)F)CC1. The van der Waals surface area contributed by atoms with Crippen molar-refractivity contribution in [3.05, 3.63) is 59.2 Å². The van der Waals surface area contributed by atoms with Crippen LogP contribution in [0.3, 0.4) is 0 Å². The Morgan fingerprint density at radius 3 is 2.26 bits per heavy atom. The van der Waals surface area contributed by atoms with Gasteiger partial charge in [-0.05, 0) is 73.6 Å². The first-order chi connectivity index (χ1) is 17.6. The van der Waals surface area contributed by atoms with E-state index in [-0.39, 0.29) is 35.0 Å². The Morgan fingerprint density at radius 2 is 1.76 bits per heavy atom. The molecule has 2 aliphatic rings. The molecule has 1 N–H and O–H groups in total. The molecule has 0 bridgehead atoms. The number of fused-ring (bicyclic) bond motifs is 1. The number of nitrogens with zero attached hydrogens (tertiary/aromatic N) is 1. The van der Waals surface area contributed by atoms with E-state index in [1.165, 1.54) is 68.3 Å². The van der Waals surface area contributed by atoms with Gasteiger partial charge in [-0.2, -0.15) is 13.2 Å². The minimum atomic E-state index is -4.48. The number of alkyl halides is 3. The van der Waals surface area contributed by atoms with Crippen molar-refractivity contribution in [3.8, 4) is 0 Å². The van der Waals surface area contributed by atoms with Crippen LogP contribution in [0.4, 0.5) is 18.9 Å². The summed E-state index contributed by atoms with van der Waals surface area (Å²) < 4.78 is 71.8. The Morgan fingerprint density at radius 1 is 1.13 bits per heavy atom. The summed E-state index contributed by atoms with van der Waals surface area (Å²) in [5.41, 5.74) is -1.15. The summed E-state index contributed by atoms with van der Waals surface area (Å²) in [6.07, 6.45) is -1.74. The summed E-state index contributed by atoms with van der Waals surface area (Å²) in [5.74, 6) is -0.920. The van der Waals surface area contributed by atoms with Gasteiger partial charge in [0, 0.05) is 32.5 Å². The lowest BCUT2D eigenvalue weighted by molar-refractivity contribution is -0.189. The standard InChI is InChI=1S/C27H31F3N2O5S/c1-17(33)32-16-18-15-21(38(4,35)36)9-10-22(18)23(32)24(34)31-20-7-5-19(6-8-20)25(2,27(28,29)30)11-12-26(37-3)13-14-26/h5-10,15,23H,11-14,16H2,1-4H3,(H,31,34). The second-order valence-electron chi connectivity index (χ2n) is 10.5. The van der Waals surface area contributed by atoms with Crippen molar-refractivity contribution in [2.45, 2.75) is 74.2 Å². The number of halogens is 3. The van der Waals surface area contributed by atoms with Crippen molar-refractivity contribution < 1.29 is 35.9 Å². The lowest BCUT2D eigenvalue weighted by atomic mass is 9.77. The number of carbonyl (C=O) groups is 2. The Labute approximate surface area is 220 Å². The summed E-state index contributed by atoms with van der Waals surface area (Å²) in [6.45, 7) is 2.56. The average Bonchev–Trinajstić information content (AvgIpc) is 3.52. The summed E-state index contributed by atoms with van der Waals surface area (Å²) in [5, 5.41) is 2.69. The molecule has 2 aromatic carbocycles. The van der Waals surface area contributed by atoms with E-state index in [4.69, 9.17) is 4.74 Å². The van der Waals surface area contributed by atoms with Crippen LogP contribution >= 0.6 is 0 Å². The van der Waals surface area contributed by atoms with Crippen LogP contribution in [0, 0.1) is 0 Å². The molecule has 1 fully saturated rings. The summed E-state index contributed by atoms with van der Waals surface area (Å²) >= 11 is 0. The van der Waals surface area contributed by atoms with Crippen molar-refractivity contribution in [2.24, 2.45) is 0 Å². The fraction of sp³-hybridized carbons (Fsp3) is 0.481. The first-order valence-electron chi connectivity index (χ1n) is 12.2. The van der Waals surface area contributed by atoms with Gasteiger partial charge in [-0.3, -0.25) is 9.59 Å². The zero-order valence-electron chi connectivity index (χ0n) is 21.7. The molecule has 11 heteroatoms. The molecule has 0 saturated heterocycles. The van der Waals surface area contributed by atoms with E-state index in [9.17, 15) is 31.2 Å². The van der Waals surface area contributed by atoms with Gasteiger partial charge in [0.2, 0.25) is 5.91 Å². The van der Waals surface area contributed by atoms with Gasteiger partial charge in [-0.1, -0.05) is 18.2 Å². The van der Waals surface area contributed by atoms with Crippen LogP contribution in [0.5, 0.6) is 0 Å². The van der Waals surface area contributed by atoms with Crippen LogP contribution in [0.25, 0.3) is 0 Å². The Hall–Kier alpha value is -2.92. The van der Waals surface area contributed by atoms with Crippen LogP contribution in [0.1, 0.15) is 62.3 Å². The largest absolute Gasteiger partial charge is 0.398 e. The predicted molar refractivity (Wildman–Crippen MR) is 135 cm³/mol. The molecule has 4 rings (SSSR count). The maximum absolute atomic E-state index is 14.2. The Kier molecular flexibility index (Phi) is 7.15. The Balaban J connectivity index is 1.55. The molecule has 1 heterocycles. The van der Waals surface area contributed by atoms with Gasteiger partial charge in [0.25, 0.3) is 5.91 Å². The van der Waals surface area contributed by atoms with Gasteiger partial charge < -0.3 is 15.0 Å². The summed E-state index contributed by atoms with van der Waals surface area (Å²) in [4.78, 5) is 26.9. The lowest BCUT2D eigenvalue weighted by Gasteiger charge is -2.34. The first-order valence-corrected chi connectivity index (χ1v) is 14.1. The van der Waals surface area contributed by atoms with E-state index in [1.54, 1.807) is 0 Å². The molecule has 2 atom stereocenters. The average molecular weight is 553 g/mol. The van der Waals surface area contributed by atoms with Gasteiger partial charge in [0.05, 0.1) is 15.9 Å². The third-order valence-corrected chi connectivity index (χ3v) is 8.99. The van der Waals surface area contributed by atoms with Crippen LogP contribution in [-0.2, 0) is 36.1 Å². The van der Waals surface area contributed by atoms with Gasteiger partial charge in [0.15, 0.2) is 9.84 Å². The van der Waals surface area contributed by atoms with Crippen LogP contribution < -0.4 is 5.32 Å². The van der Waals surface area contributed by atoms with E-state index in [0.29, 0.717) is 17.5 Å². The lowest BCUT2D eigenvalue weighted by Crippen LogP contribution is -2.40.